The third-order valence-electron chi connectivity index (χ3n) is 2.36. The number of aliphatic imine (C=N–C) groups is 2. The molecule has 5 N–H and O–H groups in total. The van der Waals surface area contributed by atoms with Crippen molar-refractivity contribution in [1.82, 2.24) is 0 Å². The van der Waals surface area contributed by atoms with Crippen LogP contribution < -0.4 is 20.4 Å². The van der Waals surface area contributed by atoms with E-state index in [1.807, 2.05) is 0 Å². The van der Waals surface area contributed by atoms with E-state index in [1.54, 1.807) is 12.1 Å². The molecule has 0 bridgehead atoms. The number of rotatable bonds is 4. The minimum absolute atomic E-state index is 0. The summed E-state index contributed by atoms with van der Waals surface area (Å²) in [6, 6.07) is 6.09. The van der Waals surface area contributed by atoms with Crippen molar-refractivity contribution in [3.05, 3.63) is 24.3 Å². The normalized spacial score (nSPS) is 12.1. The Morgan fingerprint density at radius 3 is 0.971 bits per heavy atom. The molecule has 34 heavy (non-hydrogen) atoms. The molecular weight excluding hydrogens is 488 g/mol. The first-order valence-corrected chi connectivity index (χ1v) is 9.62. The molecule has 1 radical (unpaired) electrons. The van der Waals surface area contributed by atoms with Gasteiger partial charge in [0.1, 0.15) is 0 Å². The number of hydrogen-bond donors (Lipinski definition) is 0. The van der Waals surface area contributed by atoms with Crippen LogP contribution >= 0.6 is 0 Å². The van der Waals surface area contributed by atoms with Crippen molar-refractivity contribution in [2.75, 3.05) is 56.4 Å². The maximum absolute atomic E-state index is 11.6. The first-order chi connectivity index (χ1) is 13.0. The first-order valence-electron chi connectivity index (χ1n) is 9.62. The van der Waals surface area contributed by atoms with E-state index >= 15 is 0 Å². The maximum atomic E-state index is 11.6. The first kappa shape index (κ1) is 45.8. The topological polar surface area (TPSA) is 210 Å². The van der Waals surface area contributed by atoms with E-state index in [1.165, 1.54) is 39.8 Å². The standard InChI is InChI=1S/C14H18N2O4.2C4H12N.Fe.3H2O/c1-13(2,19)11(17)15-9-7-5-6-8-10(9)16-12(18)14(3,4)20;2*1-5(2,3)4;;;;/h5-8H,1-4H3,(H,15,17)(H,16,18);2*1-4H3;;3*1H2/q-2;2*+1;+3;;;/p-3. The van der Waals surface area contributed by atoms with Gasteiger partial charge in [-0.25, -0.2) is 0 Å². The third-order valence-corrected chi connectivity index (χ3v) is 2.36. The molecule has 0 saturated heterocycles. The van der Waals surface area contributed by atoms with Gasteiger partial charge in [0.15, 0.2) is 0 Å². The van der Waals surface area contributed by atoms with Gasteiger partial charge in [0.25, 0.3) is 0 Å². The molecule has 1 aromatic rings. The van der Waals surface area contributed by atoms with Crippen LogP contribution in [0.5, 0.6) is 0 Å². The summed E-state index contributed by atoms with van der Waals surface area (Å²) in [5.41, 5.74) is -3.54. The molecule has 0 aromatic heterocycles. The molecule has 0 unspecified atom stereocenters. The summed E-state index contributed by atoms with van der Waals surface area (Å²) >= 11 is 0. The second-order valence-corrected chi connectivity index (χ2v) is 10.7. The summed E-state index contributed by atoms with van der Waals surface area (Å²) < 4.78 is 2.00. The Hall–Kier alpha value is -1.60. The van der Waals surface area contributed by atoms with Crippen molar-refractivity contribution in [3.8, 4) is 0 Å². The van der Waals surface area contributed by atoms with Gasteiger partial charge in [-0.05, 0) is 23.9 Å². The largest absolute Gasteiger partial charge is 3.00 e. The van der Waals surface area contributed by atoms with E-state index in [0.717, 1.165) is 8.97 Å². The van der Waals surface area contributed by atoms with E-state index in [2.05, 4.69) is 66.4 Å². The van der Waals surface area contributed by atoms with Crippen LogP contribution in [0, 0.1) is 0 Å². The molecule has 0 atom stereocenters. The predicted octanol–water partition coefficient (Wildman–Crippen LogP) is -2.44. The van der Waals surface area contributed by atoms with E-state index in [0.29, 0.717) is 0 Å². The molecule has 0 amide bonds. The zero-order valence-corrected chi connectivity index (χ0v) is 23.6. The van der Waals surface area contributed by atoms with Crippen molar-refractivity contribution >= 4 is 23.2 Å². The number of hydrogen-bond acceptors (Lipinski definition) is 7. The summed E-state index contributed by atoms with van der Waals surface area (Å²) in [6.07, 6.45) is 0. The fourth-order valence-electron chi connectivity index (χ4n) is 1.14. The molecule has 1 aromatic carbocycles. The molecule has 0 aliphatic carbocycles. The molecule has 0 fully saturated rings. The van der Waals surface area contributed by atoms with E-state index < -0.39 is 23.0 Å². The average Bonchev–Trinajstić information content (AvgIpc) is 2.43. The van der Waals surface area contributed by atoms with Gasteiger partial charge < -0.3 is 45.8 Å². The monoisotopic (exact) mass is 533 g/mol. The fraction of sp³-hybridized carbons (Fsp3) is 0.636. The van der Waals surface area contributed by atoms with Gasteiger partial charge in [-0.2, -0.15) is 0 Å². The van der Waals surface area contributed by atoms with Crippen molar-refractivity contribution in [1.29, 1.82) is 0 Å². The summed E-state index contributed by atoms with van der Waals surface area (Å²) in [5.74, 6) is -1.73. The number of quaternary nitrogens is 2. The Morgan fingerprint density at radius 2 is 0.824 bits per heavy atom. The van der Waals surface area contributed by atoms with Crippen LogP contribution in [0.15, 0.2) is 34.3 Å². The number of benzene rings is 1. The van der Waals surface area contributed by atoms with Crippen molar-refractivity contribution in [3.63, 3.8) is 0 Å². The summed E-state index contributed by atoms with van der Waals surface area (Å²) in [6.45, 7) is 4.80. The summed E-state index contributed by atoms with van der Waals surface area (Å²) in [5, 5.41) is 46.2. The quantitative estimate of drug-likeness (QED) is 0.178. The minimum atomic E-state index is -1.87. The van der Waals surface area contributed by atoms with Crippen molar-refractivity contribution < 1.29 is 62.9 Å². The Bertz CT molecular complexity index is 643. The van der Waals surface area contributed by atoms with Crippen LogP contribution in [0.25, 0.3) is 0 Å². The fourth-order valence-corrected chi connectivity index (χ4v) is 1.14. The minimum Gasteiger partial charge on any atom is -0.870 e. The maximum Gasteiger partial charge on any atom is 3.00 e. The van der Waals surface area contributed by atoms with Gasteiger partial charge in [0.2, 0.25) is 0 Å². The van der Waals surface area contributed by atoms with Gasteiger partial charge >= 0.3 is 17.1 Å². The smallest absolute Gasteiger partial charge is 0.870 e. The SMILES string of the molecule is CC(C)([O-])C([O-])=Nc1ccccc1N=C([O-])C(C)(C)[O-].C[N+](C)(C)C.C[N+](C)(C)C.O.O.[Fe+3].[OH-]. The number of nitrogens with zero attached hydrogens (tertiary/aromatic N) is 4. The van der Waals surface area contributed by atoms with Crippen LogP contribution in [0.2, 0.25) is 0 Å². The molecule has 0 heterocycles. The molecule has 11 nitrogen and oxygen atoms in total. The van der Waals surface area contributed by atoms with Crippen molar-refractivity contribution in [2.45, 2.75) is 38.9 Å². The van der Waals surface area contributed by atoms with Crippen LogP contribution in [-0.2, 0) is 17.1 Å². The molecule has 12 heteroatoms. The molecule has 0 saturated carbocycles. The Labute approximate surface area is 215 Å². The van der Waals surface area contributed by atoms with Gasteiger partial charge in [0, 0.05) is 0 Å². The third kappa shape index (κ3) is 30.4. The molecule has 0 aliphatic rings. The summed E-state index contributed by atoms with van der Waals surface area (Å²) in [7, 11) is 17.0. The van der Waals surface area contributed by atoms with Gasteiger partial charge in [-0.15, -0.1) is 0 Å². The Kier molecular flexibility index (Phi) is 24.0. The Morgan fingerprint density at radius 1 is 0.647 bits per heavy atom. The zero-order chi connectivity index (χ0) is 24.6. The van der Waals surface area contributed by atoms with Crippen LogP contribution in [0.1, 0.15) is 27.7 Å². The second-order valence-electron chi connectivity index (χ2n) is 10.7. The zero-order valence-electron chi connectivity index (χ0n) is 22.5. The molecule has 1 rings (SSSR count). The number of para-hydroxylation sites is 2. The van der Waals surface area contributed by atoms with E-state index in [9.17, 15) is 20.4 Å². The second kappa shape index (κ2) is 17.8. The van der Waals surface area contributed by atoms with Crippen molar-refractivity contribution in [2.24, 2.45) is 9.98 Å². The summed E-state index contributed by atoms with van der Waals surface area (Å²) in [4.78, 5) is 7.33. The molecular formula is C22H45FeN4O7. The van der Waals surface area contributed by atoms with Gasteiger partial charge in [-0.1, -0.05) is 51.0 Å². The van der Waals surface area contributed by atoms with E-state index in [4.69, 9.17) is 0 Å². The molecule has 0 aliphatic heterocycles. The van der Waals surface area contributed by atoms with Crippen LogP contribution in [-0.4, -0.2) is 105 Å². The predicted molar refractivity (Wildman–Crippen MR) is 126 cm³/mol. The molecule has 0 spiro atoms. The van der Waals surface area contributed by atoms with E-state index in [-0.39, 0.29) is 44.9 Å². The Balaban J connectivity index is -0.000000119. The average molecular weight is 533 g/mol. The van der Waals surface area contributed by atoms with Gasteiger partial charge in [0.05, 0.1) is 67.8 Å². The van der Waals surface area contributed by atoms with Crippen LogP contribution in [0.4, 0.5) is 11.4 Å². The molecule has 203 valence electrons. The van der Waals surface area contributed by atoms with Gasteiger partial charge in [-0.3, -0.25) is 9.98 Å². The van der Waals surface area contributed by atoms with Crippen LogP contribution in [0.3, 0.4) is 0 Å².